The van der Waals surface area contributed by atoms with Crippen molar-refractivity contribution in [3.63, 3.8) is 0 Å². The number of hydrogen-bond donors (Lipinski definition) is 3. The molecule has 0 unspecified atom stereocenters. The molecule has 8 heteroatoms. The molecule has 2 aromatic heterocycles. The van der Waals surface area contributed by atoms with Crippen LogP contribution >= 0.6 is 11.6 Å². The number of nitrogens with zero attached hydrogens (tertiary/aromatic N) is 3. The monoisotopic (exact) mass is 341 g/mol. The van der Waals surface area contributed by atoms with Crippen molar-refractivity contribution < 1.29 is 9.90 Å². The van der Waals surface area contributed by atoms with Crippen LogP contribution < -0.4 is 10.6 Å². The van der Waals surface area contributed by atoms with Crippen molar-refractivity contribution >= 4 is 34.8 Å². The highest BCUT2D eigenvalue weighted by Crippen LogP contribution is 2.22. The minimum absolute atomic E-state index is 0.0446. The zero-order chi connectivity index (χ0) is 16.9. The number of phenolic OH excluding ortho intramolecular Hbond substituents is 1. The number of amides is 1. The number of phenols is 1. The van der Waals surface area contributed by atoms with Gasteiger partial charge in [-0.2, -0.15) is 0 Å². The molecule has 3 aromatic rings. The van der Waals surface area contributed by atoms with Gasteiger partial charge in [-0.25, -0.2) is 9.97 Å². The molecular formula is C16H12ClN5O2. The topological polar surface area (TPSA) is 100 Å². The summed E-state index contributed by atoms with van der Waals surface area (Å²) in [4.78, 5) is 24.4. The molecule has 120 valence electrons. The van der Waals surface area contributed by atoms with Gasteiger partial charge in [0.25, 0.3) is 5.91 Å². The second kappa shape index (κ2) is 6.93. The van der Waals surface area contributed by atoms with Gasteiger partial charge in [-0.15, -0.1) is 0 Å². The molecule has 0 atom stereocenters. The Hall–Kier alpha value is -3.19. The van der Waals surface area contributed by atoms with Gasteiger partial charge < -0.3 is 15.7 Å². The summed E-state index contributed by atoms with van der Waals surface area (Å²) in [6.45, 7) is 0. The molecule has 3 N–H and O–H groups in total. The van der Waals surface area contributed by atoms with Crippen molar-refractivity contribution in [2.45, 2.75) is 0 Å². The van der Waals surface area contributed by atoms with Crippen LogP contribution in [-0.2, 0) is 0 Å². The van der Waals surface area contributed by atoms with E-state index in [4.69, 9.17) is 11.6 Å². The molecule has 0 saturated carbocycles. The van der Waals surface area contributed by atoms with E-state index >= 15 is 0 Å². The number of benzene rings is 1. The molecule has 0 aliphatic rings. The summed E-state index contributed by atoms with van der Waals surface area (Å²) in [5, 5.41) is 15.3. The summed E-state index contributed by atoms with van der Waals surface area (Å²) in [6.07, 6.45) is 6.22. The third-order valence-corrected chi connectivity index (χ3v) is 3.35. The largest absolute Gasteiger partial charge is 0.508 e. The Morgan fingerprint density at radius 2 is 1.88 bits per heavy atom. The van der Waals surface area contributed by atoms with Crippen LogP contribution in [0.25, 0.3) is 0 Å². The second-order valence-corrected chi connectivity index (χ2v) is 5.19. The van der Waals surface area contributed by atoms with Crippen LogP contribution in [0.3, 0.4) is 0 Å². The molecule has 0 aliphatic carbocycles. The average molecular weight is 342 g/mol. The molecule has 2 heterocycles. The normalized spacial score (nSPS) is 10.2. The van der Waals surface area contributed by atoms with Crippen LogP contribution in [0.5, 0.6) is 5.75 Å². The van der Waals surface area contributed by atoms with Crippen molar-refractivity contribution in [2.75, 3.05) is 10.6 Å². The van der Waals surface area contributed by atoms with Gasteiger partial charge in [0.05, 0.1) is 40.6 Å². The number of aromatic hydroxyl groups is 1. The smallest absolute Gasteiger partial charge is 0.257 e. The molecule has 1 aromatic carbocycles. The lowest BCUT2D eigenvalue weighted by molar-refractivity contribution is 0.102. The van der Waals surface area contributed by atoms with Crippen molar-refractivity contribution in [1.82, 2.24) is 15.0 Å². The molecule has 3 rings (SSSR count). The van der Waals surface area contributed by atoms with Crippen LogP contribution in [0.2, 0.25) is 5.02 Å². The number of halogens is 1. The van der Waals surface area contributed by atoms with Crippen LogP contribution in [0.15, 0.2) is 55.1 Å². The summed E-state index contributed by atoms with van der Waals surface area (Å²) < 4.78 is 0. The van der Waals surface area contributed by atoms with E-state index in [2.05, 4.69) is 25.6 Å². The third kappa shape index (κ3) is 3.76. The maximum atomic E-state index is 12.2. The van der Waals surface area contributed by atoms with Crippen molar-refractivity contribution in [3.8, 4) is 5.75 Å². The molecule has 0 radical (unpaired) electrons. The third-order valence-electron chi connectivity index (χ3n) is 3.02. The van der Waals surface area contributed by atoms with E-state index in [9.17, 15) is 9.90 Å². The van der Waals surface area contributed by atoms with Crippen molar-refractivity contribution in [1.29, 1.82) is 0 Å². The van der Waals surface area contributed by atoms with E-state index in [-0.39, 0.29) is 16.3 Å². The van der Waals surface area contributed by atoms with E-state index in [1.807, 2.05) is 6.07 Å². The van der Waals surface area contributed by atoms with Crippen LogP contribution in [0.1, 0.15) is 10.4 Å². The highest BCUT2D eigenvalue weighted by molar-refractivity contribution is 6.34. The van der Waals surface area contributed by atoms with E-state index in [1.54, 1.807) is 18.5 Å². The van der Waals surface area contributed by atoms with E-state index < -0.39 is 5.91 Å². The minimum atomic E-state index is -0.465. The van der Waals surface area contributed by atoms with Crippen LogP contribution in [-0.4, -0.2) is 26.0 Å². The molecule has 0 fully saturated rings. The SMILES string of the molecule is O=C(Nc1cnc(Nc2cccnc2)nc1)c1cc(O)ccc1Cl. The summed E-state index contributed by atoms with van der Waals surface area (Å²) in [7, 11) is 0. The Balaban J connectivity index is 1.70. The Kier molecular flexibility index (Phi) is 4.53. The molecule has 0 saturated heterocycles. The molecule has 0 aliphatic heterocycles. The Morgan fingerprint density at radius 3 is 2.58 bits per heavy atom. The van der Waals surface area contributed by atoms with Gasteiger partial charge in [0.2, 0.25) is 5.95 Å². The van der Waals surface area contributed by atoms with Gasteiger partial charge in [-0.3, -0.25) is 9.78 Å². The number of aromatic nitrogens is 3. The number of carbonyl (C=O) groups excluding carboxylic acids is 1. The fraction of sp³-hybridized carbons (Fsp3) is 0. The predicted octanol–water partition coefficient (Wildman–Crippen LogP) is 3.23. The van der Waals surface area contributed by atoms with E-state index in [0.717, 1.165) is 5.69 Å². The minimum Gasteiger partial charge on any atom is -0.508 e. The predicted molar refractivity (Wildman–Crippen MR) is 90.6 cm³/mol. The average Bonchev–Trinajstić information content (AvgIpc) is 2.59. The fourth-order valence-corrected chi connectivity index (χ4v) is 2.11. The molecule has 24 heavy (non-hydrogen) atoms. The number of hydrogen-bond acceptors (Lipinski definition) is 6. The summed E-state index contributed by atoms with van der Waals surface area (Å²) in [6, 6.07) is 7.76. The molecule has 1 amide bonds. The van der Waals surface area contributed by atoms with Crippen molar-refractivity contribution in [2.24, 2.45) is 0 Å². The quantitative estimate of drug-likeness (QED) is 0.673. The number of carbonyl (C=O) groups is 1. The maximum Gasteiger partial charge on any atom is 0.257 e. The highest BCUT2D eigenvalue weighted by atomic mass is 35.5. The second-order valence-electron chi connectivity index (χ2n) is 4.78. The van der Waals surface area contributed by atoms with Crippen LogP contribution in [0.4, 0.5) is 17.3 Å². The number of nitrogens with one attached hydrogen (secondary N) is 2. The molecule has 0 bridgehead atoms. The zero-order valence-electron chi connectivity index (χ0n) is 12.3. The maximum absolute atomic E-state index is 12.2. The number of anilines is 3. The molecule has 0 spiro atoms. The first-order chi connectivity index (χ1) is 11.6. The first-order valence-electron chi connectivity index (χ1n) is 6.91. The summed E-state index contributed by atoms with van der Waals surface area (Å²) in [5.74, 6) is -0.138. The van der Waals surface area contributed by atoms with Gasteiger partial charge in [-0.05, 0) is 30.3 Å². The van der Waals surface area contributed by atoms with Gasteiger partial charge in [0, 0.05) is 6.20 Å². The summed E-state index contributed by atoms with van der Waals surface area (Å²) >= 11 is 5.95. The van der Waals surface area contributed by atoms with Crippen molar-refractivity contribution in [3.05, 3.63) is 65.7 Å². The zero-order valence-corrected chi connectivity index (χ0v) is 13.0. The highest BCUT2D eigenvalue weighted by Gasteiger charge is 2.12. The number of rotatable bonds is 4. The Labute approximate surface area is 142 Å². The Morgan fingerprint density at radius 1 is 1.08 bits per heavy atom. The Bertz CT molecular complexity index is 856. The van der Waals surface area contributed by atoms with Gasteiger partial charge >= 0.3 is 0 Å². The molecular weight excluding hydrogens is 330 g/mol. The number of pyridine rings is 1. The lowest BCUT2D eigenvalue weighted by atomic mass is 10.2. The van der Waals surface area contributed by atoms with Gasteiger partial charge in [-0.1, -0.05) is 11.6 Å². The standard InChI is InChI=1S/C16H12ClN5O2/c17-14-4-3-12(23)6-13(14)15(24)21-11-8-19-16(20-9-11)22-10-2-1-5-18-7-10/h1-9,23H,(H,21,24)(H,19,20,22). The fourth-order valence-electron chi connectivity index (χ4n) is 1.91. The van der Waals surface area contributed by atoms with E-state index in [1.165, 1.54) is 30.6 Å². The van der Waals surface area contributed by atoms with Gasteiger partial charge in [0.15, 0.2) is 0 Å². The van der Waals surface area contributed by atoms with Gasteiger partial charge in [0.1, 0.15) is 5.75 Å². The lowest BCUT2D eigenvalue weighted by Crippen LogP contribution is -2.13. The lowest BCUT2D eigenvalue weighted by Gasteiger charge is -2.08. The van der Waals surface area contributed by atoms with Crippen LogP contribution in [0, 0.1) is 0 Å². The van der Waals surface area contributed by atoms with E-state index in [0.29, 0.717) is 11.6 Å². The summed E-state index contributed by atoms with van der Waals surface area (Å²) in [5.41, 5.74) is 1.31. The first kappa shape index (κ1) is 15.7. The first-order valence-corrected chi connectivity index (χ1v) is 7.28. The molecule has 7 nitrogen and oxygen atoms in total.